The fourth-order valence-corrected chi connectivity index (χ4v) is 5.67. The van der Waals surface area contributed by atoms with Crippen molar-refractivity contribution < 1.29 is 28.7 Å². The summed E-state index contributed by atoms with van der Waals surface area (Å²) in [6.07, 6.45) is 2.05. The molecule has 0 aromatic heterocycles. The lowest BCUT2D eigenvalue weighted by Crippen LogP contribution is -2.59. The van der Waals surface area contributed by atoms with E-state index in [1.165, 1.54) is 19.1 Å². The Labute approximate surface area is 234 Å². The van der Waals surface area contributed by atoms with Gasteiger partial charge in [0, 0.05) is 51.3 Å². The van der Waals surface area contributed by atoms with E-state index in [9.17, 15) is 14.7 Å². The van der Waals surface area contributed by atoms with Crippen LogP contribution in [0.2, 0.25) is 0 Å². The molecule has 2 atom stereocenters. The molecule has 0 saturated carbocycles. The molecule has 2 N–H and O–H groups in total. The summed E-state index contributed by atoms with van der Waals surface area (Å²) in [5, 5.41) is 15.2. The first-order valence-corrected chi connectivity index (χ1v) is 13.5. The second-order valence-electron chi connectivity index (χ2n) is 10.3. The van der Waals surface area contributed by atoms with Crippen LogP contribution in [0.1, 0.15) is 17.5 Å². The normalized spacial score (nSPS) is 24.9. The van der Waals surface area contributed by atoms with Crippen LogP contribution in [0.25, 0.3) is 5.70 Å². The number of hydrogen-bond donors (Lipinski definition) is 2. The molecular weight excluding hydrogens is 510 g/mol. The molecule has 0 aliphatic carbocycles. The SMILES string of the molecule is COCC1(O)CCN(C(=O)OC)CC1=[N+]1C=NC(C(=O)N2CCNC[C@H]2Cc2ccccc2)=C1c1ccccc1. The van der Waals surface area contributed by atoms with Crippen LogP contribution in [0.15, 0.2) is 71.4 Å². The Balaban J connectivity index is 1.59. The Morgan fingerprint density at radius 2 is 1.82 bits per heavy atom. The van der Waals surface area contributed by atoms with E-state index in [1.54, 1.807) is 10.9 Å². The summed E-state index contributed by atoms with van der Waals surface area (Å²) in [5.74, 6) is -0.170. The van der Waals surface area contributed by atoms with E-state index in [2.05, 4.69) is 22.4 Å². The number of nitrogens with one attached hydrogen (secondary N) is 1. The number of amides is 2. The lowest BCUT2D eigenvalue weighted by Gasteiger charge is -2.38. The quantitative estimate of drug-likeness (QED) is 0.535. The number of piperazine rings is 1. The molecule has 2 aromatic rings. The number of hydrogen-bond acceptors (Lipinski definition) is 7. The molecule has 2 saturated heterocycles. The van der Waals surface area contributed by atoms with Gasteiger partial charge in [0.25, 0.3) is 12.0 Å². The van der Waals surface area contributed by atoms with E-state index < -0.39 is 11.7 Å². The van der Waals surface area contributed by atoms with Gasteiger partial charge in [-0.3, -0.25) is 4.79 Å². The molecule has 10 nitrogen and oxygen atoms in total. The molecule has 0 spiro atoms. The molecule has 3 aliphatic heterocycles. The van der Waals surface area contributed by atoms with Gasteiger partial charge >= 0.3 is 12.0 Å². The molecule has 3 heterocycles. The van der Waals surface area contributed by atoms with Crippen molar-refractivity contribution in [3.63, 3.8) is 0 Å². The summed E-state index contributed by atoms with van der Waals surface area (Å²) in [6, 6.07) is 19.6. The van der Waals surface area contributed by atoms with E-state index in [4.69, 9.17) is 9.47 Å². The van der Waals surface area contributed by atoms with Gasteiger partial charge in [0.15, 0.2) is 5.70 Å². The smallest absolute Gasteiger partial charge is 0.409 e. The highest BCUT2D eigenvalue weighted by Crippen LogP contribution is 2.31. The minimum atomic E-state index is -1.37. The Morgan fingerprint density at radius 1 is 1.10 bits per heavy atom. The summed E-state index contributed by atoms with van der Waals surface area (Å²) < 4.78 is 12.1. The Morgan fingerprint density at radius 3 is 2.52 bits per heavy atom. The number of benzene rings is 2. The summed E-state index contributed by atoms with van der Waals surface area (Å²) in [7, 11) is 2.86. The van der Waals surface area contributed by atoms with Gasteiger partial charge in [-0.1, -0.05) is 60.7 Å². The van der Waals surface area contributed by atoms with Crippen LogP contribution in [-0.2, 0) is 20.7 Å². The van der Waals surface area contributed by atoms with Crippen LogP contribution in [0.5, 0.6) is 0 Å². The zero-order valence-corrected chi connectivity index (χ0v) is 23.0. The van der Waals surface area contributed by atoms with Gasteiger partial charge in [0.1, 0.15) is 11.3 Å². The highest BCUT2D eigenvalue weighted by Gasteiger charge is 2.47. The predicted octanol–water partition coefficient (Wildman–Crippen LogP) is 1.74. The van der Waals surface area contributed by atoms with Crippen molar-refractivity contribution in [1.29, 1.82) is 0 Å². The lowest BCUT2D eigenvalue weighted by atomic mass is 9.89. The van der Waals surface area contributed by atoms with Crippen LogP contribution < -0.4 is 5.32 Å². The standard InChI is InChI=1S/C30H36N5O5/c1-39-20-30(38)13-15-33(29(37)40-2)19-25(30)35-21-32-26(27(35)23-11-7-4-8-12-23)28(36)34-16-14-31-18-24(34)17-22-9-5-3-6-10-22/h3-12,21,24,31,38H,13-20H2,1-2H3/q+1/t24-,30?/m1/s1. The molecular formula is C30H36N5O5+. The van der Waals surface area contributed by atoms with Crippen molar-refractivity contribution >= 4 is 29.7 Å². The first-order valence-electron chi connectivity index (χ1n) is 13.5. The van der Waals surface area contributed by atoms with Crippen LogP contribution in [0.3, 0.4) is 0 Å². The third-order valence-corrected chi connectivity index (χ3v) is 7.72. The van der Waals surface area contributed by atoms with Crippen LogP contribution in [0.4, 0.5) is 4.79 Å². The molecule has 2 amide bonds. The number of rotatable bonds is 6. The highest BCUT2D eigenvalue weighted by molar-refractivity contribution is 6.05. The zero-order chi connectivity index (χ0) is 28.1. The molecule has 10 heteroatoms. The Bertz CT molecular complexity index is 1330. The average Bonchev–Trinajstić information content (AvgIpc) is 3.43. The molecule has 210 valence electrons. The van der Waals surface area contributed by atoms with Gasteiger partial charge in [-0.15, -0.1) is 0 Å². The summed E-state index contributed by atoms with van der Waals surface area (Å²) in [5.41, 5.74) is 1.94. The highest BCUT2D eigenvalue weighted by atomic mass is 16.5. The van der Waals surface area contributed by atoms with E-state index in [0.29, 0.717) is 43.3 Å². The molecule has 2 aromatic carbocycles. The Kier molecular flexibility index (Phi) is 8.39. The fraction of sp³-hybridized carbons (Fsp3) is 0.400. The third-order valence-electron chi connectivity index (χ3n) is 7.72. The maximum absolute atomic E-state index is 14.2. The van der Waals surface area contributed by atoms with Gasteiger partial charge < -0.3 is 29.7 Å². The predicted molar refractivity (Wildman–Crippen MR) is 151 cm³/mol. The van der Waals surface area contributed by atoms with Gasteiger partial charge in [0.2, 0.25) is 0 Å². The summed E-state index contributed by atoms with van der Waals surface area (Å²) in [6.45, 7) is 2.36. The number of methoxy groups -OCH3 is 2. The van der Waals surface area contributed by atoms with Crippen molar-refractivity contribution in [3.05, 3.63) is 77.5 Å². The molecule has 0 radical (unpaired) electrons. The molecule has 40 heavy (non-hydrogen) atoms. The number of ether oxygens (including phenoxy) is 2. The van der Waals surface area contributed by atoms with Gasteiger partial charge in [0.05, 0.1) is 20.3 Å². The van der Waals surface area contributed by atoms with Crippen LogP contribution >= 0.6 is 0 Å². The van der Waals surface area contributed by atoms with Crippen molar-refractivity contribution in [3.8, 4) is 0 Å². The number of nitrogens with zero attached hydrogens (tertiary/aromatic N) is 4. The Hall–Kier alpha value is -3.86. The van der Waals surface area contributed by atoms with Crippen molar-refractivity contribution in [2.75, 3.05) is 53.6 Å². The number of carbonyl (C=O) groups excluding carboxylic acids is 2. The van der Waals surface area contributed by atoms with Gasteiger partial charge in [-0.25, -0.2) is 4.79 Å². The topological polar surface area (TPSA) is 107 Å². The first-order chi connectivity index (χ1) is 19.4. The lowest BCUT2D eigenvalue weighted by molar-refractivity contribution is -0.296. The number of aliphatic hydroxyl groups is 1. The second-order valence-corrected chi connectivity index (χ2v) is 10.3. The van der Waals surface area contributed by atoms with E-state index in [0.717, 1.165) is 17.5 Å². The van der Waals surface area contributed by atoms with Crippen molar-refractivity contribution in [2.24, 2.45) is 4.99 Å². The maximum atomic E-state index is 14.2. The number of piperidine rings is 1. The fourth-order valence-electron chi connectivity index (χ4n) is 5.67. The minimum Gasteiger partial charge on any atom is -0.453 e. The van der Waals surface area contributed by atoms with E-state index in [-0.39, 0.29) is 31.5 Å². The summed E-state index contributed by atoms with van der Waals surface area (Å²) >= 11 is 0. The van der Waals surface area contributed by atoms with E-state index in [1.807, 2.05) is 53.4 Å². The zero-order valence-electron chi connectivity index (χ0n) is 23.0. The minimum absolute atomic E-state index is 0.0317. The first kappa shape index (κ1) is 27.7. The molecule has 1 unspecified atom stereocenters. The van der Waals surface area contributed by atoms with Gasteiger partial charge in [-0.2, -0.15) is 4.58 Å². The van der Waals surface area contributed by atoms with Crippen molar-refractivity contribution in [1.82, 2.24) is 15.1 Å². The summed E-state index contributed by atoms with van der Waals surface area (Å²) in [4.78, 5) is 34.8. The van der Waals surface area contributed by atoms with Crippen LogP contribution in [-0.4, -0.2) is 109 Å². The second kappa shape index (κ2) is 12.1. The monoisotopic (exact) mass is 546 g/mol. The molecule has 5 rings (SSSR count). The molecule has 0 bridgehead atoms. The van der Waals surface area contributed by atoms with Crippen LogP contribution in [0, 0.1) is 0 Å². The maximum Gasteiger partial charge on any atom is 0.409 e. The molecule has 2 fully saturated rings. The number of likely N-dealkylation sites (tertiary alicyclic amines) is 1. The van der Waals surface area contributed by atoms with E-state index >= 15 is 0 Å². The third kappa shape index (κ3) is 5.56. The largest absolute Gasteiger partial charge is 0.453 e. The van der Waals surface area contributed by atoms with Gasteiger partial charge in [-0.05, 0) is 17.0 Å². The van der Waals surface area contributed by atoms with Crippen molar-refractivity contribution in [2.45, 2.75) is 24.5 Å². The molecule has 3 aliphatic rings. The number of aliphatic imine (C=N–C) groups is 1. The number of carbonyl (C=O) groups is 2. The average molecular weight is 547 g/mol.